The van der Waals surface area contributed by atoms with Crippen molar-refractivity contribution in [1.82, 2.24) is 0 Å². The van der Waals surface area contributed by atoms with Gasteiger partial charge in [-0.1, -0.05) is 33.3 Å². The Morgan fingerprint density at radius 2 is 1.75 bits per heavy atom. The Balaban J connectivity index is 4.32. The molecule has 0 bridgehead atoms. The predicted molar refractivity (Wildman–Crippen MR) is 82.4 cm³/mol. The second-order valence-electron chi connectivity index (χ2n) is 5.99. The van der Waals surface area contributed by atoms with Gasteiger partial charge in [0.15, 0.2) is 0 Å². The molecule has 4 heteroatoms. The van der Waals surface area contributed by atoms with E-state index in [9.17, 15) is 9.90 Å². The molecule has 4 nitrogen and oxygen atoms in total. The van der Waals surface area contributed by atoms with Crippen LogP contribution in [0.25, 0.3) is 0 Å². The summed E-state index contributed by atoms with van der Waals surface area (Å²) in [6, 6.07) is 0. The first-order chi connectivity index (χ1) is 9.34. The van der Waals surface area contributed by atoms with Gasteiger partial charge in [-0.25, -0.2) is 4.79 Å². The molecule has 20 heavy (non-hydrogen) atoms. The van der Waals surface area contributed by atoms with Gasteiger partial charge in [0.05, 0.1) is 20.1 Å². The summed E-state index contributed by atoms with van der Waals surface area (Å²) in [6.07, 6.45) is 4.00. The lowest BCUT2D eigenvalue weighted by Gasteiger charge is -2.36. The Hall–Kier alpha value is -0.870. The second-order valence-corrected chi connectivity index (χ2v) is 5.99. The lowest BCUT2D eigenvalue weighted by atomic mass is 10.2. The number of ether oxygens (including phenoxy) is 1. The van der Waals surface area contributed by atoms with Crippen LogP contribution < -0.4 is 0 Å². The predicted octanol–water partition coefficient (Wildman–Crippen LogP) is 2.51. The smallest absolute Gasteiger partial charge is 0.333 e. The molecule has 118 valence electrons. The molecule has 1 unspecified atom stereocenters. The fourth-order valence-electron chi connectivity index (χ4n) is 2.23. The molecule has 0 radical (unpaired) electrons. The van der Waals surface area contributed by atoms with Crippen LogP contribution in [0, 0.1) is 0 Å². The summed E-state index contributed by atoms with van der Waals surface area (Å²) in [7, 11) is 2.18. The summed E-state index contributed by atoms with van der Waals surface area (Å²) in [4.78, 5) is 11.3. The van der Waals surface area contributed by atoms with E-state index in [-0.39, 0.29) is 6.61 Å². The van der Waals surface area contributed by atoms with Crippen molar-refractivity contribution in [3.63, 3.8) is 0 Å². The number of likely N-dealkylation sites (N-methyl/N-ethyl adjacent to an activating group) is 1. The van der Waals surface area contributed by atoms with Crippen LogP contribution >= 0.6 is 0 Å². The second kappa shape index (κ2) is 9.94. The Morgan fingerprint density at radius 3 is 2.15 bits per heavy atom. The number of carbonyl (C=O) groups excluding carboxylic acids is 1. The molecule has 1 atom stereocenters. The van der Waals surface area contributed by atoms with Crippen molar-refractivity contribution in [2.75, 3.05) is 33.3 Å². The third-order valence-electron chi connectivity index (χ3n) is 3.51. The first kappa shape index (κ1) is 19.1. The van der Waals surface area contributed by atoms with Crippen LogP contribution in [0.4, 0.5) is 0 Å². The van der Waals surface area contributed by atoms with Gasteiger partial charge in [0.25, 0.3) is 0 Å². The van der Waals surface area contributed by atoms with Crippen LogP contribution in [0.5, 0.6) is 0 Å². The number of carbonyl (C=O) groups is 1. The monoisotopic (exact) mass is 286 g/mol. The zero-order chi connectivity index (χ0) is 15.6. The van der Waals surface area contributed by atoms with Crippen molar-refractivity contribution in [3.8, 4) is 0 Å². The maximum Gasteiger partial charge on any atom is 0.333 e. The molecule has 1 N–H and O–H groups in total. The van der Waals surface area contributed by atoms with E-state index in [0.717, 1.165) is 43.3 Å². The van der Waals surface area contributed by atoms with Crippen molar-refractivity contribution < 1.29 is 19.1 Å². The van der Waals surface area contributed by atoms with E-state index in [1.54, 1.807) is 6.92 Å². The van der Waals surface area contributed by atoms with Crippen LogP contribution in [-0.4, -0.2) is 55.0 Å². The van der Waals surface area contributed by atoms with Crippen molar-refractivity contribution in [1.29, 1.82) is 0 Å². The summed E-state index contributed by atoms with van der Waals surface area (Å²) in [6.45, 7) is 12.3. The van der Waals surface area contributed by atoms with Crippen LogP contribution in [0.3, 0.4) is 0 Å². The summed E-state index contributed by atoms with van der Waals surface area (Å²) in [5.74, 6) is -0.430. The molecule has 0 saturated carbocycles. The zero-order valence-electron chi connectivity index (χ0n) is 13.7. The van der Waals surface area contributed by atoms with E-state index >= 15 is 0 Å². The quantitative estimate of drug-likeness (QED) is 0.361. The molecule has 0 rings (SSSR count). The summed E-state index contributed by atoms with van der Waals surface area (Å²) in [5.41, 5.74) is 0.367. The molecule has 0 amide bonds. The minimum atomic E-state index is -0.614. The molecule has 0 saturated heterocycles. The van der Waals surface area contributed by atoms with E-state index in [1.165, 1.54) is 0 Å². The molecule has 0 aliphatic rings. The molecule has 0 heterocycles. The number of quaternary nitrogens is 1. The van der Waals surface area contributed by atoms with Gasteiger partial charge in [-0.15, -0.1) is 0 Å². The number of unbranched alkanes of at least 4 members (excludes halogenated alkanes) is 2. The number of hydrogen-bond donors (Lipinski definition) is 1. The number of hydrogen-bond acceptors (Lipinski definition) is 3. The Labute approximate surface area is 124 Å². The average Bonchev–Trinajstić information content (AvgIpc) is 2.40. The van der Waals surface area contributed by atoms with E-state index in [4.69, 9.17) is 4.74 Å². The SMILES string of the molecule is C=C(C)C(=O)OCC(O)C[N+](C)(CCCC)CCCC. The minimum Gasteiger partial charge on any atom is -0.459 e. The highest BCUT2D eigenvalue weighted by molar-refractivity contribution is 5.86. The van der Waals surface area contributed by atoms with Gasteiger partial charge < -0.3 is 14.3 Å². The first-order valence-electron chi connectivity index (χ1n) is 7.69. The Morgan fingerprint density at radius 1 is 1.25 bits per heavy atom. The van der Waals surface area contributed by atoms with E-state index < -0.39 is 12.1 Å². The molecule has 0 aromatic heterocycles. The van der Waals surface area contributed by atoms with Crippen molar-refractivity contribution in [2.24, 2.45) is 0 Å². The fourth-order valence-corrected chi connectivity index (χ4v) is 2.23. The van der Waals surface area contributed by atoms with Crippen LogP contribution in [0.1, 0.15) is 46.5 Å². The lowest BCUT2D eigenvalue weighted by molar-refractivity contribution is -0.913. The normalized spacial score (nSPS) is 13.1. The largest absolute Gasteiger partial charge is 0.459 e. The highest BCUT2D eigenvalue weighted by atomic mass is 16.5. The number of rotatable bonds is 11. The maximum absolute atomic E-state index is 11.3. The first-order valence-corrected chi connectivity index (χ1v) is 7.69. The number of aliphatic hydroxyl groups excluding tert-OH is 1. The van der Waals surface area contributed by atoms with Gasteiger partial charge in [-0.3, -0.25) is 0 Å². The van der Waals surface area contributed by atoms with E-state index in [0.29, 0.717) is 12.1 Å². The van der Waals surface area contributed by atoms with Crippen molar-refractivity contribution in [2.45, 2.75) is 52.6 Å². The van der Waals surface area contributed by atoms with E-state index in [2.05, 4.69) is 27.5 Å². The molecular formula is C16H32NO3+. The number of nitrogens with zero attached hydrogens (tertiary/aromatic N) is 1. The van der Waals surface area contributed by atoms with E-state index in [1.807, 2.05) is 0 Å². The Bertz CT molecular complexity index is 294. The number of aliphatic hydroxyl groups is 1. The lowest BCUT2D eigenvalue weighted by Crippen LogP contribution is -2.51. The molecule has 0 spiro atoms. The standard InChI is InChI=1S/C16H32NO3/c1-6-8-10-17(5,11-9-7-2)12-15(18)13-20-16(19)14(3)4/h15,18H,3,6-13H2,1-2,4-5H3/q+1. The van der Waals surface area contributed by atoms with Crippen LogP contribution in [0.15, 0.2) is 12.2 Å². The zero-order valence-corrected chi connectivity index (χ0v) is 13.7. The molecule has 0 aromatic carbocycles. The summed E-state index contributed by atoms with van der Waals surface area (Å²) in [5, 5.41) is 10.1. The minimum absolute atomic E-state index is 0.0534. The van der Waals surface area contributed by atoms with Gasteiger partial charge in [0.1, 0.15) is 19.3 Å². The van der Waals surface area contributed by atoms with Crippen molar-refractivity contribution in [3.05, 3.63) is 12.2 Å². The highest BCUT2D eigenvalue weighted by Crippen LogP contribution is 2.11. The molecule has 0 aromatic rings. The van der Waals surface area contributed by atoms with Gasteiger partial charge in [-0.05, 0) is 19.8 Å². The molecule has 0 fully saturated rings. The fraction of sp³-hybridized carbons (Fsp3) is 0.812. The molecular weight excluding hydrogens is 254 g/mol. The van der Waals surface area contributed by atoms with Crippen LogP contribution in [-0.2, 0) is 9.53 Å². The topological polar surface area (TPSA) is 46.5 Å². The third-order valence-corrected chi connectivity index (χ3v) is 3.51. The van der Waals surface area contributed by atoms with Gasteiger partial charge in [0, 0.05) is 5.57 Å². The van der Waals surface area contributed by atoms with Gasteiger partial charge >= 0.3 is 5.97 Å². The number of esters is 1. The Kier molecular flexibility index (Phi) is 9.51. The maximum atomic E-state index is 11.3. The van der Waals surface area contributed by atoms with Crippen LogP contribution in [0.2, 0.25) is 0 Å². The molecule has 0 aliphatic carbocycles. The van der Waals surface area contributed by atoms with Crippen molar-refractivity contribution >= 4 is 5.97 Å². The van der Waals surface area contributed by atoms with Gasteiger partial charge in [0.2, 0.25) is 0 Å². The highest BCUT2D eigenvalue weighted by Gasteiger charge is 2.25. The average molecular weight is 286 g/mol. The molecule has 0 aliphatic heterocycles. The summed E-state index contributed by atoms with van der Waals surface area (Å²) >= 11 is 0. The third kappa shape index (κ3) is 8.33. The van der Waals surface area contributed by atoms with Gasteiger partial charge in [-0.2, -0.15) is 0 Å². The summed E-state index contributed by atoms with van der Waals surface area (Å²) < 4.78 is 5.86.